The number of rotatable bonds is 7. The van der Waals surface area contributed by atoms with Crippen molar-refractivity contribution in [2.24, 2.45) is 5.92 Å². The number of anilines is 2. The van der Waals surface area contributed by atoms with E-state index in [4.69, 9.17) is 0 Å². The maximum absolute atomic E-state index is 12.8. The van der Waals surface area contributed by atoms with E-state index in [2.05, 4.69) is 25.6 Å². The quantitative estimate of drug-likeness (QED) is 0.376. The van der Waals surface area contributed by atoms with Gasteiger partial charge in [0.1, 0.15) is 4.21 Å². The molecule has 0 unspecified atom stereocenters. The summed E-state index contributed by atoms with van der Waals surface area (Å²) in [4.78, 5) is 47.8. The van der Waals surface area contributed by atoms with Gasteiger partial charge in [-0.3, -0.25) is 10.1 Å². The van der Waals surface area contributed by atoms with Gasteiger partial charge in [0.25, 0.3) is 0 Å². The second kappa shape index (κ2) is 9.31. The topological polar surface area (TPSA) is 137 Å². The van der Waals surface area contributed by atoms with Gasteiger partial charge in [0, 0.05) is 23.9 Å². The molecule has 4 N–H and O–H groups in total. The van der Waals surface area contributed by atoms with E-state index in [0.717, 1.165) is 48.8 Å². The molecule has 0 saturated heterocycles. The molecule has 3 aromatic rings. The van der Waals surface area contributed by atoms with E-state index in [9.17, 15) is 19.5 Å². The van der Waals surface area contributed by atoms with Crippen LogP contribution in [0.5, 0.6) is 0 Å². The number of ketones is 1. The maximum Gasteiger partial charge on any atom is 0.356 e. The SMILES string of the molecule is O=C(Nc1nc(C(=O)O)c(Sc2ncc[nH]2)s1)Nc1ccccc1C(=O)C1CCCC1. The number of aromatic nitrogens is 3. The van der Waals surface area contributed by atoms with Crippen LogP contribution in [0.1, 0.15) is 46.5 Å². The van der Waals surface area contributed by atoms with Gasteiger partial charge in [0.15, 0.2) is 21.8 Å². The van der Waals surface area contributed by atoms with E-state index in [0.29, 0.717) is 20.6 Å². The van der Waals surface area contributed by atoms with Crippen molar-refractivity contribution in [2.75, 3.05) is 10.6 Å². The van der Waals surface area contributed by atoms with Crippen molar-refractivity contribution in [3.63, 3.8) is 0 Å². The van der Waals surface area contributed by atoms with Gasteiger partial charge in [0.05, 0.1) is 5.69 Å². The Morgan fingerprint density at radius 3 is 2.65 bits per heavy atom. The molecule has 2 aromatic heterocycles. The molecule has 0 aliphatic heterocycles. The molecule has 2 heterocycles. The summed E-state index contributed by atoms with van der Waals surface area (Å²) in [6, 6.07) is 6.28. The first-order chi connectivity index (χ1) is 15.0. The summed E-state index contributed by atoms with van der Waals surface area (Å²) in [7, 11) is 0. The number of hydrogen-bond donors (Lipinski definition) is 4. The number of nitrogens with one attached hydrogen (secondary N) is 3. The Kier molecular flexibility index (Phi) is 6.33. The summed E-state index contributed by atoms with van der Waals surface area (Å²) in [6.07, 6.45) is 7.00. The van der Waals surface area contributed by atoms with Crippen LogP contribution in [-0.4, -0.2) is 37.8 Å². The number of aromatic carboxylic acids is 1. The predicted molar refractivity (Wildman–Crippen MR) is 117 cm³/mol. The summed E-state index contributed by atoms with van der Waals surface area (Å²) in [6.45, 7) is 0. The zero-order valence-corrected chi connectivity index (χ0v) is 17.9. The van der Waals surface area contributed by atoms with Crippen LogP contribution >= 0.6 is 23.1 Å². The maximum atomic E-state index is 12.8. The molecule has 4 rings (SSSR count). The number of H-pyrrole nitrogens is 1. The number of imidazole rings is 1. The zero-order chi connectivity index (χ0) is 21.8. The molecule has 1 aliphatic rings. The number of carboxylic acids is 1. The van der Waals surface area contributed by atoms with E-state index in [1.807, 2.05) is 0 Å². The van der Waals surface area contributed by atoms with Crippen LogP contribution in [0.4, 0.5) is 15.6 Å². The summed E-state index contributed by atoms with van der Waals surface area (Å²) in [5.41, 5.74) is 0.722. The highest BCUT2D eigenvalue weighted by Crippen LogP contribution is 2.36. The second-order valence-electron chi connectivity index (χ2n) is 6.93. The highest BCUT2D eigenvalue weighted by atomic mass is 32.2. The number of hydrogen-bond acceptors (Lipinski definition) is 7. The number of nitrogens with zero attached hydrogens (tertiary/aromatic N) is 2. The van der Waals surface area contributed by atoms with Gasteiger partial charge >= 0.3 is 12.0 Å². The first-order valence-electron chi connectivity index (χ1n) is 9.64. The zero-order valence-electron chi connectivity index (χ0n) is 16.3. The molecule has 11 heteroatoms. The van der Waals surface area contributed by atoms with Crippen molar-refractivity contribution in [2.45, 2.75) is 35.0 Å². The Morgan fingerprint density at radius 1 is 1.16 bits per heavy atom. The third kappa shape index (κ3) is 4.94. The molecule has 0 spiro atoms. The standard InChI is InChI=1S/C20H19N5O4S2/c26-15(11-5-1-2-6-11)12-7-3-4-8-13(12)23-18(29)25-20-24-14(16(27)28)17(31-20)30-19-21-9-10-22-19/h3-4,7-11H,1-2,5-6H2,(H,21,22)(H,27,28)(H2,23,24,25,29). The van der Waals surface area contributed by atoms with Gasteiger partial charge in [-0.2, -0.15) is 0 Å². The van der Waals surface area contributed by atoms with E-state index in [1.165, 1.54) is 0 Å². The minimum absolute atomic E-state index is 0.00992. The molecule has 1 aliphatic carbocycles. The predicted octanol–water partition coefficient (Wildman–Crippen LogP) is 4.73. The van der Waals surface area contributed by atoms with E-state index >= 15 is 0 Å². The molecule has 1 aromatic carbocycles. The fourth-order valence-electron chi connectivity index (χ4n) is 3.42. The normalized spacial score (nSPS) is 13.8. The van der Waals surface area contributed by atoms with Crippen LogP contribution in [0, 0.1) is 5.92 Å². The number of aromatic amines is 1. The van der Waals surface area contributed by atoms with Crippen LogP contribution in [0.25, 0.3) is 0 Å². The largest absolute Gasteiger partial charge is 0.476 e. The smallest absolute Gasteiger partial charge is 0.356 e. The number of carboxylic acid groups (broad SMARTS) is 1. The van der Waals surface area contributed by atoms with Gasteiger partial charge < -0.3 is 15.4 Å². The third-order valence-electron chi connectivity index (χ3n) is 4.85. The van der Waals surface area contributed by atoms with Crippen LogP contribution in [0.2, 0.25) is 0 Å². The number of Topliss-reactive ketones (excluding diaryl/α,β-unsaturated/α-hetero) is 1. The van der Waals surface area contributed by atoms with Gasteiger partial charge in [-0.15, -0.1) is 0 Å². The molecule has 2 amide bonds. The molecule has 1 saturated carbocycles. The van der Waals surface area contributed by atoms with Crippen LogP contribution in [0.3, 0.4) is 0 Å². The van der Waals surface area contributed by atoms with E-state index < -0.39 is 12.0 Å². The number of carbonyl (C=O) groups excluding carboxylic acids is 2. The summed E-state index contributed by atoms with van der Waals surface area (Å²) in [5, 5.41) is 15.3. The number of amides is 2. The molecule has 0 bridgehead atoms. The lowest BCUT2D eigenvalue weighted by Gasteiger charge is -2.13. The van der Waals surface area contributed by atoms with Crippen molar-refractivity contribution in [3.05, 3.63) is 47.9 Å². The number of benzene rings is 1. The number of thiazole rings is 1. The van der Waals surface area contributed by atoms with Crippen molar-refractivity contribution in [1.82, 2.24) is 15.0 Å². The van der Waals surface area contributed by atoms with Crippen molar-refractivity contribution in [3.8, 4) is 0 Å². The monoisotopic (exact) mass is 457 g/mol. The van der Waals surface area contributed by atoms with E-state index in [-0.39, 0.29) is 22.5 Å². The van der Waals surface area contributed by atoms with Crippen molar-refractivity contribution < 1.29 is 19.5 Å². The molecule has 1 fully saturated rings. The molecule has 9 nitrogen and oxygen atoms in total. The summed E-state index contributed by atoms with van der Waals surface area (Å²) in [5.74, 6) is -1.18. The van der Waals surface area contributed by atoms with Crippen LogP contribution in [0.15, 0.2) is 46.0 Å². The Hall–Kier alpha value is -3.18. The van der Waals surface area contributed by atoms with Crippen LogP contribution in [-0.2, 0) is 0 Å². The Morgan fingerprint density at radius 2 is 1.94 bits per heavy atom. The molecule has 0 atom stereocenters. The fourth-order valence-corrected chi connectivity index (χ4v) is 5.40. The first-order valence-corrected chi connectivity index (χ1v) is 11.3. The number of carbonyl (C=O) groups is 3. The molecule has 160 valence electrons. The highest BCUT2D eigenvalue weighted by Gasteiger charge is 2.26. The highest BCUT2D eigenvalue weighted by molar-refractivity contribution is 8.01. The van der Waals surface area contributed by atoms with Crippen molar-refractivity contribution in [1.29, 1.82) is 0 Å². The van der Waals surface area contributed by atoms with Crippen LogP contribution < -0.4 is 10.6 Å². The lowest BCUT2D eigenvalue weighted by Crippen LogP contribution is -2.22. The van der Waals surface area contributed by atoms with Gasteiger partial charge in [-0.05, 0) is 36.7 Å². The number of urea groups is 1. The van der Waals surface area contributed by atoms with Gasteiger partial charge in [-0.25, -0.2) is 19.6 Å². The lowest BCUT2D eigenvalue weighted by atomic mass is 9.95. The van der Waals surface area contributed by atoms with Crippen molar-refractivity contribution >= 4 is 51.7 Å². The molecular weight excluding hydrogens is 438 g/mol. The Bertz CT molecular complexity index is 1110. The summed E-state index contributed by atoms with van der Waals surface area (Å²) >= 11 is 2.14. The van der Waals surface area contributed by atoms with Gasteiger partial charge in [0.2, 0.25) is 0 Å². The van der Waals surface area contributed by atoms with Gasteiger partial charge in [-0.1, -0.05) is 36.3 Å². The second-order valence-corrected chi connectivity index (χ2v) is 9.18. The summed E-state index contributed by atoms with van der Waals surface area (Å²) < 4.78 is 0.384. The Balaban J connectivity index is 1.48. The number of para-hydroxylation sites is 1. The minimum Gasteiger partial charge on any atom is -0.476 e. The average molecular weight is 458 g/mol. The lowest BCUT2D eigenvalue weighted by molar-refractivity contribution is 0.0687. The molecular formula is C20H19N5O4S2. The fraction of sp³-hybridized carbons (Fsp3) is 0.250. The Labute approximate surface area is 185 Å². The molecule has 0 radical (unpaired) electrons. The third-order valence-corrected chi connectivity index (χ3v) is 6.91. The first kappa shape index (κ1) is 21.1. The van der Waals surface area contributed by atoms with E-state index in [1.54, 1.807) is 36.7 Å². The minimum atomic E-state index is -1.20. The molecule has 31 heavy (non-hydrogen) atoms. The average Bonchev–Trinajstić information content (AvgIpc) is 3.50.